The van der Waals surface area contributed by atoms with Crippen molar-refractivity contribution in [2.75, 3.05) is 0 Å². The van der Waals surface area contributed by atoms with Crippen molar-refractivity contribution in [1.82, 2.24) is 10.3 Å². The highest BCUT2D eigenvalue weighted by Gasteiger charge is 2.38. The molecule has 24 heavy (non-hydrogen) atoms. The van der Waals surface area contributed by atoms with Crippen molar-refractivity contribution in [1.29, 1.82) is 0 Å². The van der Waals surface area contributed by atoms with Crippen molar-refractivity contribution in [3.8, 4) is 0 Å². The Bertz CT molecular complexity index is 901. The van der Waals surface area contributed by atoms with Gasteiger partial charge < -0.3 is 15.1 Å². The van der Waals surface area contributed by atoms with Crippen LogP contribution in [0.4, 0.5) is 0 Å². The smallest absolute Gasteiger partial charge is 0.225 e. The van der Waals surface area contributed by atoms with Gasteiger partial charge in [0, 0.05) is 29.9 Å². The highest BCUT2D eigenvalue weighted by molar-refractivity contribution is 5.90. The summed E-state index contributed by atoms with van der Waals surface area (Å²) < 4.78 is 0. The fraction of sp³-hybridized carbons (Fsp3) is 0.200. The first-order valence-electron chi connectivity index (χ1n) is 8.08. The molecule has 1 amide bonds. The fourth-order valence-electron chi connectivity index (χ4n) is 3.62. The van der Waals surface area contributed by atoms with Gasteiger partial charge in [0.1, 0.15) is 11.8 Å². The Morgan fingerprint density at radius 3 is 2.46 bits per heavy atom. The Morgan fingerprint density at radius 1 is 1.08 bits per heavy atom. The molecular weight excluding hydrogens is 300 g/mol. The predicted octanol–water partition coefficient (Wildman–Crippen LogP) is 2.56. The second-order valence-electron chi connectivity index (χ2n) is 6.48. The second-order valence-corrected chi connectivity index (χ2v) is 6.48. The molecule has 0 saturated heterocycles. The van der Waals surface area contributed by atoms with Crippen LogP contribution >= 0.6 is 0 Å². The monoisotopic (exact) mass is 318 g/mol. The molecule has 0 unspecified atom stereocenters. The number of nitrogens with one attached hydrogen (secondary N) is 2. The number of para-hydroxylation sites is 1. The molecule has 1 aliphatic rings. The number of carbonyl (C=O) groups is 2. The van der Waals surface area contributed by atoms with Gasteiger partial charge in [0.05, 0.1) is 6.42 Å². The van der Waals surface area contributed by atoms with Gasteiger partial charge >= 0.3 is 0 Å². The third-order valence-electron chi connectivity index (χ3n) is 4.77. The van der Waals surface area contributed by atoms with Crippen LogP contribution in [0.15, 0.2) is 54.7 Å². The number of fused-ring (bicyclic) bond motifs is 2. The van der Waals surface area contributed by atoms with Crippen LogP contribution in [0.2, 0.25) is 0 Å². The Labute approximate surface area is 139 Å². The summed E-state index contributed by atoms with van der Waals surface area (Å²) in [6.07, 6.45) is 4.13. The zero-order valence-electron chi connectivity index (χ0n) is 13.2. The van der Waals surface area contributed by atoms with Gasteiger partial charge in [-0.05, 0) is 22.8 Å². The number of aromatic nitrogens is 1. The summed E-state index contributed by atoms with van der Waals surface area (Å²) in [6.45, 7) is 0. The first-order chi connectivity index (χ1) is 11.7. The van der Waals surface area contributed by atoms with Gasteiger partial charge in [0.2, 0.25) is 5.91 Å². The van der Waals surface area contributed by atoms with Crippen LogP contribution in [0.25, 0.3) is 10.9 Å². The fourth-order valence-corrected chi connectivity index (χ4v) is 3.62. The minimum atomic E-state index is -0.813. The lowest BCUT2D eigenvalue weighted by atomic mass is 9.97. The molecule has 2 aromatic carbocycles. The third-order valence-corrected chi connectivity index (χ3v) is 4.77. The van der Waals surface area contributed by atoms with Gasteiger partial charge in [-0.3, -0.25) is 4.79 Å². The van der Waals surface area contributed by atoms with Gasteiger partial charge in [0.15, 0.2) is 0 Å². The predicted molar refractivity (Wildman–Crippen MR) is 92.8 cm³/mol. The Kier molecular flexibility index (Phi) is 3.45. The van der Waals surface area contributed by atoms with E-state index < -0.39 is 5.54 Å². The topological polar surface area (TPSA) is 62.0 Å². The van der Waals surface area contributed by atoms with E-state index in [0.29, 0.717) is 12.8 Å². The normalized spacial score (nSPS) is 15.2. The molecule has 0 bridgehead atoms. The van der Waals surface area contributed by atoms with Gasteiger partial charge in [-0.15, -0.1) is 0 Å². The number of amides is 1. The Morgan fingerprint density at radius 2 is 1.75 bits per heavy atom. The maximum Gasteiger partial charge on any atom is 0.225 e. The molecule has 3 aromatic rings. The lowest BCUT2D eigenvalue weighted by Crippen LogP contribution is -2.51. The largest absolute Gasteiger partial charge is 0.361 e. The lowest BCUT2D eigenvalue weighted by molar-refractivity contribution is -0.126. The molecule has 0 aliphatic heterocycles. The number of rotatable bonds is 4. The summed E-state index contributed by atoms with van der Waals surface area (Å²) in [5.74, 6) is -0.125. The van der Waals surface area contributed by atoms with Crippen LogP contribution in [0.5, 0.6) is 0 Å². The maximum atomic E-state index is 12.5. The zero-order valence-corrected chi connectivity index (χ0v) is 13.2. The molecule has 0 fully saturated rings. The van der Waals surface area contributed by atoms with E-state index in [0.717, 1.165) is 33.9 Å². The van der Waals surface area contributed by atoms with Gasteiger partial charge in [0.25, 0.3) is 0 Å². The molecule has 1 aromatic heterocycles. The number of H-pyrrole nitrogens is 1. The first kappa shape index (κ1) is 14.7. The minimum Gasteiger partial charge on any atom is -0.361 e. The highest BCUT2D eigenvalue weighted by Crippen LogP contribution is 2.29. The van der Waals surface area contributed by atoms with Crippen molar-refractivity contribution in [3.05, 3.63) is 71.4 Å². The van der Waals surface area contributed by atoms with Crippen LogP contribution in [0, 0.1) is 0 Å². The van der Waals surface area contributed by atoms with Crippen molar-refractivity contribution in [2.45, 2.75) is 24.8 Å². The van der Waals surface area contributed by atoms with Crippen molar-refractivity contribution in [3.63, 3.8) is 0 Å². The average Bonchev–Trinajstić information content (AvgIpc) is 3.16. The van der Waals surface area contributed by atoms with E-state index >= 15 is 0 Å². The number of hydrogen-bond acceptors (Lipinski definition) is 2. The average molecular weight is 318 g/mol. The summed E-state index contributed by atoms with van der Waals surface area (Å²) in [6, 6.07) is 15.9. The minimum absolute atomic E-state index is 0.125. The number of benzene rings is 2. The van der Waals surface area contributed by atoms with Crippen LogP contribution in [0.3, 0.4) is 0 Å². The molecule has 0 atom stereocenters. The zero-order chi connectivity index (χ0) is 16.6. The van der Waals surface area contributed by atoms with Crippen LogP contribution in [-0.4, -0.2) is 22.7 Å². The number of aldehydes is 1. The molecule has 120 valence electrons. The summed E-state index contributed by atoms with van der Waals surface area (Å²) >= 11 is 0. The van der Waals surface area contributed by atoms with Crippen LogP contribution < -0.4 is 5.32 Å². The van der Waals surface area contributed by atoms with E-state index in [1.165, 1.54) is 0 Å². The van der Waals surface area contributed by atoms with Crippen molar-refractivity contribution < 1.29 is 9.59 Å². The van der Waals surface area contributed by atoms with E-state index in [1.54, 1.807) is 0 Å². The molecular formula is C20H18N2O2. The number of hydrogen-bond donors (Lipinski definition) is 2. The second kappa shape index (κ2) is 5.64. The maximum absolute atomic E-state index is 12.5. The highest BCUT2D eigenvalue weighted by atomic mass is 16.2. The first-order valence-corrected chi connectivity index (χ1v) is 8.08. The summed E-state index contributed by atoms with van der Waals surface area (Å²) in [4.78, 5) is 27.4. The molecule has 2 N–H and O–H groups in total. The molecule has 1 heterocycles. The molecule has 4 rings (SSSR count). The van der Waals surface area contributed by atoms with Gasteiger partial charge in [-0.2, -0.15) is 0 Å². The van der Waals surface area contributed by atoms with Crippen LogP contribution in [-0.2, 0) is 28.9 Å². The summed E-state index contributed by atoms with van der Waals surface area (Å²) in [5.41, 5.74) is 3.42. The number of carbonyl (C=O) groups excluding carboxylic acids is 2. The van der Waals surface area contributed by atoms with Crippen molar-refractivity contribution >= 4 is 23.1 Å². The number of aromatic amines is 1. The Balaban J connectivity index is 1.52. The molecule has 0 radical (unpaired) electrons. The van der Waals surface area contributed by atoms with E-state index in [4.69, 9.17) is 0 Å². The van der Waals surface area contributed by atoms with Crippen molar-refractivity contribution in [2.24, 2.45) is 0 Å². The van der Waals surface area contributed by atoms with E-state index in [-0.39, 0.29) is 12.3 Å². The third kappa shape index (κ3) is 2.50. The summed E-state index contributed by atoms with van der Waals surface area (Å²) in [5, 5.41) is 4.02. The van der Waals surface area contributed by atoms with Gasteiger partial charge in [-0.1, -0.05) is 42.5 Å². The quantitative estimate of drug-likeness (QED) is 0.726. The van der Waals surface area contributed by atoms with Crippen LogP contribution in [0.1, 0.15) is 16.7 Å². The van der Waals surface area contributed by atoms with E-state index in [2.05, 4.69) is 10.3 Å². The molecule has 0 spiro atoms. The van der Waals surface area contributed by atoms with E-state index in [9.17, 15) is 9.59 Å². The SMILES string of the molecule is O=CC1(NC(=O)Cc2c[nH]c3ccccc23)Cc2ccccc2C1. The standard InChI is InChI=1S/C20H18N2O2/c23-13-20(10-14-5-1-2-6-15(14)11-20)22-19(24)9-16-12-21-18-8-4-3-7-17(16)18/h1-8,12-13,21H,9-11H2,(H,22,24). The molecule has 1 aliphatic carbocycles. The van der Waals surface area contributed by atoms with E-state index in [1.807, 2.05) is 54.7 Å². The molecule has 4 heteroatoms. The molecule has 4 nitrogen and oxygen atoms in total. The summed E-state index contributed by atoms with van der Waals surface area (Å²) in [7, 11) is 0. The lowest BCUT2D eigenvalue weighted by Gasteiger charge is -2.23. The Hall–Kier alpha value is -2.88. The van der Waals surface area contributed by atoms with Gasteiger partial charge in [-0.25, -0.2) is 0 Å². The molecule has 0 saturated carbocycles.